The summed E-state index contributed by atoms with van der Waals surface area (Å²) in [6.45, 7) is 6.76. The number of hydrogen-bond donors (Lipinski definition) is 0. The zero-order valence-corrected chi connectivity index (χ0v) is 18.2. The van der Waals surface area contributed by atoms with Crippen LogP contribution in [-0.2, 0) is 6.42 Å². The molecule has 0 amide bonds. The van der Waals surface area contributed by atoms with Crippen LogP contribution in [0.3, 0.4) is 0 Å². The fourth-order valence-corrected chi connectivity index (χ4v) is 5.86. The molecule has 0 heterocycles. The molecular formula is C28H38O. The summed E-state index contributed by atoms with van der Waals surface area (Å²) >= 11 is 0. The third kappa shape index (κ3) is 5.24. The number of rotatable bonds is 7. The molecule has 2 saturated carbocycles. The van der Waals surface area contributed by atoms with Gasteiger partial charge < -0.3 is 4.74 Å². The van der Waals surface area contributed by atoms with Gasteiger partial charge in [0.15, 0.2) is 0 Å². The lowest BCUT2D eigenvalue weighted by Crippen LogP contribution is -2.25. The molecule has 1 heteroatoms. The number of ether oxygens (including phenoxy) is 1. The van der Waals surface area contributed by atoms with Crippen LogP contribution in [0.4, 0.5) is 0 Å². The number of benzene rings is 2. The van der Waals surface area contributed by atoms with Gasteiger partial charge in [0.1, 0.15) is 5.75 Å². The summed E-state index contributed by atoms with van der Waals surface area (Å²) in [4.78, 5) is 0. The molecule has 0 radical (unpaired) electrons. The zero-order chi connectivity index (χ0) is 20.1. The van der Waals surface area contributed by atoms with E-state index in [-0.39, 0.29) is 0 Å². The summed E-state index contributed by atoms with van der Waals surface area (Å²) in [5, 5.41) is 2.62. The monoisotopic (exact) mass is 390 g/mol. The fourth-order valence-electron chi connectivity index (χ4n) is 5.86. The Morgan fingerprint density at radius 1 is 0.862 bits per heavy atom. The SMILES string of the molecule is C=CC1CCC(C2CCC(CCc3ccc4cc(OCC)ccc4c3)CC2)CC1. The minimum atomic E-state index is 0.724. The first kappa shape index (κ1) is 20.5. The van der Waals surface area contributed by atoms with Gasteiger partial charge in [0.2, 0.25) is 0 Å². The van der Waals surface area contributed by atoms with E-state index in [1.54, 1.807) is 0 Å². The van der Waals surface area contributed by atoms with E-state index >= 15 is 0 Å². The maximum absolute atomic E-state index is 5.63. The van der Waals surface area contributed by atoms with Crippen molar-refractivity contribution in [3.8, 4) is 5.75 Å². The standard InChI is InChI=1S/C28H38O/c1-3-21-7-12-24(13-8-21)25-14-9-22(10-15-25)5-6-23-11-16-27-20-28(29-4-2)18-17-26(27)19-23/h3,11,16-22,24-25H,1,4-10,12-15H2,2H3. The van der Waals surface area contributed by atoms with Crippen molar-refractivity contribution in [2.75, 3.05) is 6.61 Å². The molecule has 0 bridgehead atoms. The third-order valence-corrected chi connectivity index (χ3v) is 7.74. The van der Waals surface area contributed by atoms with Gasteiger partial charge >= 0.3 is 0 Å². The minimum absolute atomic E-state index is 0.724. The maximum Gasteiger partial charge on any atom is 0.119 e. The number of allylic oxidation sites excluding steroid dienone is 1. The highest BCUT2D eigenvalue weighted by atomic mass is 16.5. The third-order valence-electron chi connectivity index (χ3n) is 7.74. The van der Waals surface area contributed by atoms with Gasteiger partial charge in [-0.1, -0.05) is 43.2 Å². The second kappa shape index (κ2) is 9.83. The fraction of sp³-hybridized carbons (Fsp3) is 0.571. The van der Waals surface area contributed by atoms with E-state index in [1.807, 2.05) is 6.92 Å². The van der Waals surface area contributed by atoms with Gasteiger partial charge in [-0.15, -0.1) is 6.58 Å². The van der Waals surface area contributed by atoms with Gasteiger partial charge in [-0.25, -0.2) is 0 Å². The van der Waals surface area contributed by atoms with E-state index in [2.05, 4.69) is 49.1 Å². The Labute approximate surface area is 177 Å². The molecule has 0 aromatic heterocycles. The van der Waals surface area contributed by atoms with Crippen LogP contribution in [0.2, 0.25) is 0 Å². The second-order valence-corrected chi connectivity index (χ2v) is 9.51. The first-order valence-electron chi connectivity index (χ1n) is 12.0. The van der Waals surface area contributed by atoms with Crippen molar-refractivity contribution >= 4 is 10.8 Å². The lowest BCUT2D eigenvalue weighted by Gasteiger charge is -2.37. The van der Waals surface area contributed by atoms with E-state index in [4.69, 9.17) is 4.74 Å². The molecule has 1 nitrogen and oxygen atoms in total. The van der Waals surface area contributed by atoms with E-state index in [1.165, 1.54) is 80.5 Å². The van der Waals surface area contributed by atoms with Crippen molar-refractivity contribution in [1.29, 1.82) is 0 Å². The van der Waals surface area contributed by atoms with Crippen molar-refractivity contribution < 1.29 is 4.74 Å². The Morgan fingerprint density at radius 2 is 1.52 bits per heavy atom. The van der Waals surface area contributed by atoms with Gasteiger partial charge in [-0.05, 0) is 110 Å². The molecule has 0 spiro atoms. The molecule has 2 aliphatic carbocycles. The van der Waals surface area contributed by atoms with Crippen LogP contribution in [0.15, 0.2) is 49.1 Å². The van der Waals surface area contributed by atoms with E-state index in [9.17, 15) is 0 Å². The molecule has 0 saturated heterocycles. The highest BCUT2D eigenvalue weighted by Gasteiger charge is 2.30. The first-order valence-corrected chi connectivity index (χ1v) is 12.0. The Hall–Kier alpha value is -1.76. The quantitative estimate of drug-likeness (QED) is 0.436. The molecule has 4 rings (SSSR count). The Kier molecular flexibility index (Phi) is 6.95. The molecule has 0 unspecified atom stereocenters. The van der Waals surface area contributed by atoms with Crippen LogP contribution in [0, 0.1) is 23.7 Å². The molecule has 0 aliphatic heterocycles. The summed E-state index contributed by atoms with van der Waals surface area (Å²) in [7, 11) is 0. The molecule has 2 aromatic carbocycles. The van der Waals surface area contributed by atoms with Crippen LogP contribution in [0.25, 0.3) is 10.8 Å². The molecule has 156 valence electrons. The Morgan fingerprint density at radius 3 is 2.21 bits per heavy atom. The van der Waals surface area contributed by atoms with Crippen LogP contribution < -0.4 is 4.74 Å². The molecule has 29 heavy (non-hydrogen) atoms. The lowest BCUT2D eigenvalue weighted by molar-refractivity contribution is 0.153. The lowest BCUT2D eigenvalue weighted by atomic mass is 9.68. The van der Waals surface area contributed by atoms with E-state index < -0.39 is 0 Å². The number of hydrogen-bond acceptors (Lipinski definition) is 1. The zero-order valence-electron chi connectivity index (χ0n) is 18.2. The molecule has 0 N–H and O–H groups in total. The first-order chi connectivity index (χ1) is 14.2. The summed E-state index contributed by atoms with van der Waals surface area (Å²) in [6, 6.07) is 13.4. The van der Waals surface area contributed by atoms with Gasteiger partial charge in [0.05, 0.1) is 6.61 Å². The second-order valence-electron chi connectivity index (χ2n) is 9.51. The van der Waals surface area contributed by atoms with Crippen molar-refractivity contribution in [2.45, 2.75) is 71.1 Å². The summed E-state index contributed by atoms with van der Waals surface area (Å²) in [5.74, 6) is 4.73. The molecule has 2 aromatic rings. The maximum atomic E-state index is 5.63. The van der Waals surface area contributed by atoms with Crippen molar-refractivity contribution in [1.82, 2.24) is 0 Å². The van der Waals surface area contributed by atoms with Crippen LogP contribution >= 0.6 is 0 Å². The Bertz CT molecular complexity index is 791. The predicted molar refractivity (Wildman–Crippen MR) is 125 cm³/mol. The predicted octanol–water partition coefficient (Wildman–Crippen LogP) is 7.97. The van der Waals surface area contributed by atoms with E-state index in [0.29, 0.717) is 0 Å². The van der Waals surface area contributed by atoms with Crippen molar-refractivity contribution in [2.24, 2.45) is 23.7 Å². The number of fused-ring (bicyclic) bond motifs is 1. The Balaban J connectivity index is 1.25. The number of aryl methyl sites for hydroxylation is 1. The van der Waals surface area contributed by atoms with Crippen LogP contribution in [0.1, 0.15) is 70.3 Å². The highest BCUT2D eigenvalue weighted by molar-refractivity contribution is 5.84. The summed E-state index contributed by atoms with van der Waals surface area (Å²) in [6.07, 6.45) is 16.3. The molecular weight excluding hydrogens is 352 g/mol. The van der Waals surface area contributed by atoms with Crippen molar-refractivity contribution in [3.63, 3.8) is 0 Å². The largest absolute Gasteiger partial charge is 0.494 e. The average molecular weight is 391 g/mol. The van der Waals surface area contributed by atoms with Crippen LogP contribution in [0.5, 0.6) is 5.75 Å². The average Bonchev–Trinajstić information content (AvgIpc) is 2.78. The van der Waals surface area contributed by atoms with Gasteiger partial charge in [-0.2, -0.15) is 0 Å². The summed E-state index contributed by atoms with van der Waals surface area (Å²) < 4.78 is 5.63. The normalized spacial score (nSPS) is 27.6. The van der Waals surface area contributed by atoms with Gasteiger partial charge in [0, 0.05) is 0 Å². The van der Waals surface area contributed by atoms with E-state index in [0.717, 1.165) is 36.0 Å². The summed E-state index contributed by atoms with van der Waals surface area (Å²) in [5.41, 5.74) is 1.49. The topological polar surface area (TPSA) is 9.23 Å². The smallest absolute Gasteiger partial charge is 0.119 e. The van der Waals surface area contributed by atoms with Crippen molar-refractivity contribution in [3.05, 3.63) is 54.6 Å². The van der Waals surface area contributed by atoms with Crippen LogP contribution in [-0.4, -0.2) is 6.61 Å². The van der Waals surface area contributed by atoms with Gasteiger partial charge in [-0.3, -0.25) is 0 Å². The molecule has 2 fully saturated rings. The minimum Gasteiger partial charge on any atom is -0.494 e. The van der Waals surface area contributed by atoms with Gasteiger partial charge in [0.25, 0.3) is 0 Å². The highest BCUT2D eigenvalue weighted by Crippen LogP contribution is 2.42. The molecule has 0 atom stereocenters. The molecule has 2 aliphatic rings.